The summed E-state index contributed by atoms with van der Waals surface area (Å²) in [6, 6.07) is 12.9. The third-order valence-electron chi connectivity index (χ3n) is 5.98. The van der Waals surface area contributed by atoms with Crippen LogP contribution >= 0.6 is 0 Å². The number of benzene rings is 2. The topological polar surface area (TPSA) is 118 Å². The summed E-state index contributed by atoms with van der Waals surface area (Å²) in [4.78, 5) is 39.7. The number of hydrogen-bond donors (Lipinski definition) is 2. The second-order valence-corrected chi connectivity index (χ2v) is 8.10. The lowest BCUT2D eigenvalue weighted by Gasteiger charge is -2.23. The number of amides is 1. The van der Waals surface area contributed by atoms with Gasteiger partial charge in [-0.25, -0.2) is 4.98 Å². The van der Waals surface area contributed by atoms with Crippen LogP contribution in [0.4, 0.5) is 5.95 Å². The van der Waals surface area contributed by atoms with Gasteiger partial charge in [0, 0.05) is 12.4 Å². The number of pyridine rings is 1. The summed E-state index contributed by atoms with van der Waals surface area (Å²) in [5, 5.41) is 11.4. The van der Waals surface area contributed by atoms with Gasteiger partial charge in [0.15, 0.2) is 0 Å². The minimum atomic E-state index is -0.949. The van der Waals surface area contributed by atoms with Crippen LogP contribution in [0, 0.1) is 6.92 Å². The lowest BCUT2D eigenvalue weighted by Crippen LogP contribution is -2.30. The maximum Gasteiger partial charge on any atom is 0.302 e. The van der Waals surface area contributed by atoms with Crippen LogP contribution in [0.15, 0.2) is 66.5 Å². The lowest BCUT2D eigenvalue weighted by molar-refractivity contribution is -0.132. The summed E-state index contributed by atoms with van der Waals surface area (Å²) < 4.78 is 10.7. The van der Waals surface area contributed by atoms with E-state index in [9.17, 15) is 14.7 Å². The summed E-state index contributed by atoms with van der Waals surface area (Å²) in [6.45, 7) is 1.95. The Kier molecular flexibility index (Phi) is 5.44. The fourth-order valence-electron chi connectivity index (χ4n) is 4.28. The van der Waals surface area contributed by atoms with Crippen LogP contribution in [0.2, 0.25) is 0 Å². The quantitative estimate of drug-likeness (QED) is 0.258. The van der Waals surface area contributed by atoms with Gasteiger partial charge in [-0.1, -0.05) is 6.07 Å². The largest absolute Gasteiger partial charge is 0.507 e. The molecule has 9 nitrogen and oxygen atoms in total. The van der Waals surface area contributed by atoms with Crippen molar-refractivity contribution < 1.29 is 24.2 Å². The number of aryl methyl sites for hydroxylation is 1. The number of anilines is 1. The molecule has 4 aromatic rings. The third-order valence-corrected chi connectivity index (χ3v) is 5.98. The minimum absolute atomic E-state index is 0.0932. The molecular weight excluding hydrogens is 448 g/mol. The number of fused-ring (bicyclic) bond motifs is 1. The van der Waals surface area contributed by atoms with Crippen molar-refractivity contribution in [3.8, 4) is 11.5 Å². The number of rotatable bonds is 5. The Hall–Kier alpha value is -4.66. The molecule has 176 valence electrons. The Morgan fingerprint density at radius 1 is 1.03 bits per heavy atom. The van der Waals surface area contributed by atoms with Crippen molar-refractivity contribution in [2.75, 3.05) is 19.1 Å². The molecule has 2 aromatic carbocycles. The van der Waals surface area contributed by atoms with E-state index in [2.05, 4.69) is 15.0 Å². The van der Waals surface area contributed by atoms with Crippen molar-refractivity contribution in [1.29, 1.82) is 0 Å². The summed E-state index contributed by atoms with van der Waals surface area (Å²) in [7, 11) is 2.94. The van der Waals surface area contributed by atoms with E-state index in [1.165, 1.54) is 19.1 Å². The first kappa shape index (κ1) is 22.1. The number of aromatic amines is 1. The minimum Gasteiger partial charge on any atom is -0.507 e. The van der Waals surface area contributed by atoms with Gasteiger partial charge in [-0.05, 0) is 60.5 Å². The normalized spacial score (nSPS) is 17.2. The van der Waals surface area contributed by atoms with E-state index >= 15 is 0 Å². The number of methoxy groups -OCH3 is 2. The van der Waals surface area contributed by atoms with E-state index in [1.807, 2.05) is 25.1 Å². The molecule has 0 bridgehead atoms. The molecule has 0 spiro atoms. The molecule has 9 heteroatoms. The highest BCUT2D eigenvalue weighted by Gasteiger charge is 2.48. The Balaban J connectivity index is 1.75. The number of imidazole rings is 1. The standard InChI is InChI=1S/C26H22N4O5/c1-14-4-6-18-19(12-14)29-26(28-18)30-22(15-8-10-27-11-9-15)21(24(32)25(30)33)23(31)17-13-16(34-2)5-7-20(17)35-3/h4-13,22,31H,1-3H3,(H,28,29)/b23-21+. The second kappa shape index (κ2) is 8.60. The zero-order valence-corrected chi connectivity index (χ0v) is 19.3. The van der Waals surface area contributed by atoms with Crippen LogP contribution in [-0.2, 0) is 9.59 Å². The molecular formula is C26H22N4O5. The van der Waals surface area contributed by atoms with Crippen molar-refractivity contribution in [2.45, 2.75) is 13.0 Å². The van der Waals surface area contributed by atoms with Crippen molar-refractivity contribution in [1.82, 2.24) is 15.0 Å². The number of carbonyl (C=O) groups excluding carboxylic acids is 2. The molecule has 1 fully saturated rings. The van der Waals surface area contributed by atoms with E-state index in [0.717, 1.165) is 11.1 Å². The summed E-state index contributed by atoms with van der Waals surface area (Å²) in [5.41, 5.74) is 3.11. The highest BCUT2D eigenvalue weighted by atomic mass is 16.5. The first-order chi connectivity index (χ1) is 16.9. The van der Waals surface area contributed by atoms with Gasteiger partial charge in [-0.2, -0.15) is 0 Å². The molecule has 1 amide bonds. The van der Waals surface area contributed by atoms with Gasteiger partial charge >= 0.3 is 5.91 Å². The first-order valence-corrected chi connectivity index (χ1v) is 10.8. The number of hydrogen-bond acceptors (Lipinski definition) is 7. The summed E-state index contributed by atoms with van der Waals surface area (Å²) in [6.07, 6.45) is 3.12. The molecule has 1 saturated heterocycles. The molecule has 3 heterocycles. The molecule has 1 unspecified atom stereocenters. The van der Waals surface area contributed by atoms with Gasteiger partial charge in [0.2, 0.25) is 5.95 Å². The Morgan fingerprint density at radius 2 is 1.80 bits per heavy atom. The molecule has 1 aliphatic heterocycles. The second-order valence-electron chi connectivity index (χ2n) is 8.10. The van der Waals surface area contributed by atoms with E-state index in [-0.39, 0.29) is 22.8 Å². The maximum absolute atomic E-state index is 13.4. The predicted octanol–water partition coefficient (Wildman–Crippen LogP) is 3.91. The zero-order valence-electron chi connectivity index (χ0n) is 19.3. The van der Waals surface area contributed by atoms with Crippen LogP contribution in [0.3, 0.4) is 0 Å². The number of nitrogens with zero attached hydrogens (tertiary/aromatic N) is 3. The highest BCUT2D eigenvalue weighted by molar-refractivity contribution is 6.51. The van der Waals surface area contributed by atoms with Gasteiger partial charge in [0.1, 0.15) is 17.3 Å². The van der Waals surface area contributed by atoms with E-state index in [1.54, 1.807) is 42.7 Å². The van der Waals surface area contributed by atoms with Gasteiger partial charge in [0.25, 0.3) is 5.78 Å². The molecule has 0 aliphatic carbocycles. The lowest BCUT2D eigenvalue weighted by atomic mass is 9.95. The third kappa shape index (κ3) is 3.67. The number of carbonyl (C=O) groups is 2. The van der Waals surface area contributed by atoms with Crippen LogP contribution < -0.4 is 14.4 Å². The molecule has 0 saturated carbocycles. The number of nitrogens with one attached hydrogen (secondary N) is 1. The van der Waals surface area contributed by atoms with Gasteiger partial charge in [0.05, 0.1) is 42.4 Å². The van der Waals surface area contributed by atoms with Crippen LogP contribution in [-0.4, -0.2) is 46.0 Å². The average molecular weight is 470 g/mol. The predicted molar refractivity (Wildman–Crippen MR) is 129 cm³/mol. The molecule has 2 N–H and O–H groups in total. The first-order valence-electron chi connectivity index (χ1n) is 10.8. The number of ether oxygens (including phenoxy) is 2. The van der Waals surface area contributed by atoms with Crippen LogP contribution in [0.5, 0.6) is 11.5 Å². The van der Waals surface area contributed by atoms with E-state index in [0.29, 0.717) is 22.6 Å². The van der Waals surface area contributed by atoms with Crippen molar-refractivity contribution in [3.63, 3.8) is 0 Å². The Labute approximate surface area is 200 Å². The van der Waals surface area contributed by atoms with E-state index < -0.39 is 17.7 Å². The average Bonchev–Trinajstić information content (AvgIpc) is 3.41. The fraction of sp³-hybridized carbons (Fsp3) is 0.154. The number of aromatic nitrogens is 3. The summed E-state index contributed by atoms with van der Waals surface area (Å²) >= 11 is 0. The van der Waals surface area contributed by atoms with Crippen molar-refractivity contribution >= 4 is 34.4 Å². The van der Waals surface area contributed by atoms with E-state index in [4.69, 9.17) is 9.47 Å². The molecule has 1 atom stereocenters. The SMILES string of the molecule is COc1ccc(OC)c(/C(O)=C2\C(=O)C(=O)N(c3nc4ccc(C)cc4[nH]3)C2c2ccncc2)c1. The van der Waals surface area contributed by atoms with Crippen molar-refractivity contribution in [2.24, 2.45) is 0 Å². The molecule has 5 rings (SSSR count). The molecule has 1 aliphatic rings. The Bertz CT molecular complexity index is 1490. The van der Waals surface area contributed by atoms with Gasteiger partial charge < -0.3 is 19.6 Å². The number of H-pyrrole nitrogens is 1. The molecule has 0 radical (unpaired) electrons. The van der Waals surface area contributed by atoms with Gasteiger partial charge in [-0.15, -0.1) is 0 Å². The monoisotopic (exact) mass is 470 g/mol. The van der Waals surface area contributed by atoms with Gasteiger partial charge in [-0.3, -0.25) is 19.5 Å². The Morgan fingerprint density at radius 3 is 2.51 bits per heavy atom. The fourth-order valence-corrected chi connectivity index (χ4v) is 4.28. The smallest absolute Gasteiger partial charge is 0.302 e. The molecule has 35 heavy (non-hydrogen) atoms. The van der Waals surface area contributed by atoms with Crippen molar-refractivity contribution in [3.05, 3.63) is 83.2 Å². The number of aliphatic hydroxyl groups is 1. The number of aliphatic hydroxyl groups excluding tert-OH is 1. The number of Topliss-reactive ketones (excluding diaryl/α,β-unsaturated/α-hetero) is 1. The highest BCUT2D eigenvalue weighted by Crippen LogP contribution is 2.43. The maximum atomic E-state index is 13.4. The number of ketones is 1. The zero-order chi connectivity index (χ0) is 24.7. The van der Waals surface area contributed by atoms with Crippen LogP contribution in [0.25, 0.3) is 16.8 Å². The summed E-state index contributed by atoms with van der Waals surface area (Å²) in [5.74, 6) is -1.06. The molecule has 2 aromatic heterocycles. The van der Waals surface area contributed by atoms with Crippen LogP contribution in [0.1, 0.15) is 22.7 Å².